The molecule has 0 spiro atoms. The Balaban J connectivity index is 1.90. The van der Waals surface area contributed by atoms with Gasteiger partial charge in [0.2, 0.25) is 5.28 Å². The van der Waals surface area contributed by atoms with Gasteiger partial charge >= 0.3 is 6.09 Å². The number of amides is 1. The van der Waals surface area contributed by atoms with Gasteiger partial charge in [0.25, 0.3) is 0 Å². The molecular formula is C18H28Cl2N4O2. The van der Waals surface area contributed by atoms with Crippen molar-refractivity contribution < 1.29 is 9.53 Å². The fourth-order valence-corrected chi connectivity index (χ4v) is 3.49. The molecule has 1 aliphatic carbocycles. The molecule has 146 valence electrons. The first-order valence-electron chi connectivity index (χ1n) is 9.18. The van der Waals surface area contributed by atoms with Crippen molar-refractivity contribution in [3.63, 3.8) is 0 Å². The van der Waals surface area contributed by atoms with Crippen molar-refractivity contribution in [3.05, 3.63) is 16.5 Å². The molecule has 0 aromatic carbocycles. The minimum absolute atomic E-state index is 0.109. The first-order chi connectivity index (χ1) is 12.2. The van der Waals surface area contributed by atoms with E-state index in [2.05, 4.69) is 15.3 Å². The number of rotatable bonds is 6. The summed E-state index contributed by atoms with van der Waals surface area (Å²) in [5.74, 6) is 0.580. The van der Waals surface area contributed by atoms with Gasteiger partial charge in [-0.3, -0.25) is 0 Å². The molecule has 1 fully saturated rings. The van der Waals surface area contributed by atoms with Crippen LogP contribution in [0.3, 0.4) is 0 Å². The molecule has 0 saturated heterocycles. The molecular weight excluding hydrogens is 375 g/mol. The van der Waals surface area contributed by atoms with Crippen LogP contribution in [-0.2, 0) is 4.74 Å². The Labute approximate surface area is 165 Å². The number of aromatic nitrogens is 2. The molecule has 1 aliphatic rings. The van der Waals surface area contributed by atoms with Crippen molar-refractivity contribution >= 4 is 35.1 Å². The molecule has 1 amide bonds. The zero-order valence-corrected chi connectivity index (χ0v) is 17.2. The second kappa shape index (κ2) is 9.60. The minimum atomic E-state index is -0.489. The normalized spacial score (nSPS) is 15.6. The molecule has 8 heteroatoms. The quantitative estimate of drug-likeness (QED) is 0.404. The van der Waals surface area contributed by atoms with Crippen LogP contribution in [-0.4, -0.2) is 45.7 Å². The fraction of sp³-hybridized carbons (Fsp3) is 0.722. The number of nitrogens with one attached hydrogen (secondary N) is 1. The van der Waals surface area contributed by atoms with Gasteiger partial charge in [0.05, 0.1) is 0 Å². The van der Waals surface area contributed by atoms with Crippen molar-refractivity contribution in [2.45, 2.75) is 70.9 Å². The van der Waals surface area contributed by atoms with E-state index >= 15 is 0 Å². The second-order valence-corrected chi connectivity index (χ2v) is 8.32. The van der Waals surface area contributed by atoms with Crippen molar-refractivity contribution in [1.29, 1.82) is 0 Å². The molecule has 0 unspecified atom stereocenters. The third-order valence-electron chi connectivity index (χ3n) is 4.19. The zero-order chi connectivity index (χ0) is 19.2. The smallest absolute Gasteiger partial charge is 0.410 e. The summed E-state index contributed by atoms with van der Waals surface area (Å²) in [4.78, 5) is 22.4. The van der Waals surface area contributed by atoms with Gasteiger partial charge in [-0.25, -0.2) is 14.8 Å². The predicted octanol–water partition coefficient (Wildman–Crippen LogP) is 5.16. The Morgan fingerprint density at radius 3 is 2.58 bits per heavy atom. The molecule has 1 aromatic heterocycles. The van der Waals surface area contributed by atoms with E-state index in [1.807, 2.05) is 25.7 Å². The highest BCUT2D eigenvalue weighted by atomic mass is 35.5. The fourth-order valence-electron chi connectivity index (χ4n) is 3.08. The molecule has 1 N–H and O–H groups in total. The van der Waals surface area contributed by atoms with E-state index in [0.29, 0.717) is 24.1 Å². The molecule has 0 radical (unpaired) electrons. The lowest BCUT2D eigenvalue weighted by Gasteiger charge is -2.35. The van der Waals surface area contributed by atoms with Crippen LogP contribution < -0.4 is 5.32 Å². The lowest BCUT2D eigenvalue weighted by molar-refractivity contribution is 0.0121. The van der Waals surface area contributed by atoms with Crippen molar-refractivity contribution in [1.82, 2.24) is 14.9 Å². The average Bonchev–Trinajstić information content (AvgIpc) is 2.53. The summed E-state index contributed by atoms with van der Waals surface area (Å²) in [5.41, 5.74) is -0.489. The van der Waals surface area contributed by atoms with Gasteiger partial charge in [-0.05, 0) is 51.6 Å². The molecule has 0 bridgehead atoms. The Bertz CT molecular complexity index is 581. The van der Waals surface area contributed by atoms with E-state index in [9.17, 15) is 4.79 Å². The first kappa shape index (κ1) is 21.0. The molecule has 0 aliphatic heterocycles. The summed E-state index contributed by atoms with van der Waals surface area (Å²) in [6.45, 7) is 6.98. The minimum Gasteiger partial charge on any atom is -0.444 e. The number of carbonyl (C=O) groups is 1. The number of anilines is 1. The number of nitrogens with zero attached hydrogens (tertiary/aromatic N) is 3. The third kappa shape index (κ3) is 7.16. The largest absolute Gasteiger partial charge is 0.444 e. The van der Waals surface area contributed by atoms with Crippen LogP contribution in [0.1, 0.15) is 59.3 Å². The van der Waals surface area contributed by atoms with Gasteiger partial charge in [0.1, 0.15) is 16.6 Å². The summed E-state index contributed by atoms with van der Waals surface area (Å²) >= 11 is 11.7. The van der Waals surface area contributed by atoms with Gasteiger partial charge < -0.3 is 15.0 Å². The number of ether oxygens (including phenoxy) is 1. The maximum Gasteiger partial charge on any atom is 0.410 e. The van der Waals surface area contributed by atoms with Gasteiger partial charge in [-0.1, -0.05) is 30.9 Å². The Hall–Kier alpha value is -1.27. The molecule has 6 nitrogen and oxygen atoms in total. The van der Waals surface area contributed by atoms with E-state index in [1.165, 1.54) is 19.3 Å². The lowest BCUT2D eigenvalue weighted by atomic mass is 9.94. The van der Waals surface area contributed by atoms with E-state index in [4.69, 9.17) is 27.9 Å². The average molecular weight is 403 g/mol. The Morgan fingerprint density at radius 1 is 1.27 bits per heavy atom. The second-order valence-electron chi connectivity index (χ2n) is 7.59. The predicted molar refractivity (Wildman–Crippen MR) is 105 cm³/mol. The zero-order valence-electron chi connectivity index (χ0n) is 15.7. The van der Waals surface area contributed by atoms with Gasteiger partial charge in [-0.15, -0.1) is 0 Å². The maximum atomic E-state index is 12.6. The van der Waals surface area contributed by atoms with Crippen LogP contribution >= 0.6 is 23.2 Å². The van der Waals surface area contributed by atoms with E-state index in [1.54, 1.807) is 6.07 Å². The van der Waals surface area contributed by atoms with Crippen molar-refractivity contribution in [2.75, 3.05) is 18.4 Å². The molecule has 2 rings (SSSR count). The monoisotopic (exact) mass is 402 g/mol. The standard InChI is InChI=1S/C18H28Cl2N4O2/c1-18(2,3)26-17(25)24(13-8-5-4-6-9-13)11-7-10-21-15-12-14(19)22-16(20)23-15/h12-13H,4-11H2,1-3H3,(H,21,22,23). The summed E-state index contributed by atoms with van der Waals surface area (Å²) in [6.07, 6.45) is 6.22. The van der Waals surface area contributed by atoms with Crippen LogP contribution in [0.15, 0.2) is 6.07 Å². The highest BCUT2D eigenvalue weighted by Gasteiger charge is 2.28. The number of hydrogen-bond acceptors (Lipinski definition) is 5. The van der Waals surface area contributed by atoms with Gasteiger partial charge in [-0.2, -0.15) is 0 Å². The van der Waals surface area contributed by atoms with Crippen molar-refractivity contribution in [2.24, 2.45) is 0 Å². The molecule has 1 saturated carbocycles. The summed E-state index contributed by atoms with van der Waals surface area (Å²) in [7, 11) is 0. The summed E-state index contributed by atoms with van der Waals surface area (Å²) in [6, 6.07) is 1.89. The number of carbonyl (C=O) groups excluding carboxylic acids is 1. The maximum absolute atomic E-state index is 12.6. The van der Waals surface area contributed by atoms with Crippen molar-refractivity contribution in [3.8, 4) is 0 Å². The third-order valence-corrected chi connectivity index (χ3v) is 4.56. The van der Waals surface area contributed by atoms with Crippen LogP contribution in [0, 0.1) is 0 Å². The highest BCUT2D eigenvalue weighted by molar-refractivity contribution is 6.32. The molecule has 1 aromatic rings. The van der Waals surface area contributed by atoms with E-state index in [0.717, 1.165) is 19.3 Å². The lowest BCUT2D eigenvalue weighted by Crippen LogP contribution is -2.45. The number of hydrogen-bond donors (Lipinski definition) is 1. The Kier molecular flexibility index (Phi) is 7.77. The summed E-state index contributed by atoms with van der Waals surface area (Å²) in [5, 5.41) is 3.58. The molecule has 26 heavy (non-hydrogen) atoms. The summed E-state index contributed by atoms with van der Waals surface area (Å²) < 4.78 is 5.61. The van der Waals surface area contributed by atoms with Crippen LogP contribution in [0.2, 0.25) is 10.4 Å². The molecule has 1 heterocycles. The van der Waals surface area contributed by atoms with Gasteiger partial charge in [0.15, 0.2) is 0 Å². The van der Waals surface area contributed by atoms with Crippen LogP contribution in [0.25, 0.3) is 0 Å². The Morgan fingerprint density at radius 2 is 1.96 bits per heavy atom. The SMILES string of the molecule is CC(C)(C)OC(=O)N(CCCNc1cc(Cl)nc(Cl)n1)C1CCCCC1. The van der Waals surface area contributed by atoms with E-state index in [-0.39, 0.29) is 17.4 Å². The highest BCUT2D eigenvalue weighted by Crippen LogP contribution is 2.24. The van der Waals surface area contributed by atoms with Crippen LogP contribution in [0.5, 0.6) is 0 Å². The van der Waals surface area contributed by atoms with Gasteiger partial charge in [0, 0.05) is 25.2 Å². The number of halogens is 2. The van der Waals surface area contributed by atoms with E-state index < -0.39 is 5.60 Å². The topological polar surface area (TPSA) is 67.3 Å². The van der Waals surface area contributed by atoms with Crippen LogP contribution in [0.4, 0.5) is 10.6 Å². The first-order valence-corrected chi connectivity index (χ1v) is 9.94. The molecule has 0 atom stereocenters.